The number of nitrogens with zero attached hydrogens (tertiary/aromatic N) is 1. The largest absolute Gasteiger partial charge is 0.391 e. The first-order valence-electron chi connectivity index (χ1n) is 6.47. The average molecular weight is 243 g/mol. The first-order valence-corrected chi connectivity index (χ1v) is 6.47. The van der Waals surface area contributed by atoms with Gasteiger partial charge < -0.3 is 10.0 Å². The molecule has 18 heavy (non-hydrogen) atoms. The SMILES string of the molecule is O=C1[C@H](c2ccccc2)[C@H]2C(O)CC/C=C\CN12. The van der Waals surface area contributed by atoms with Crippen molar-refractivity contribution in [1.82, 2.24) is 4.90 Å². The standard InChI is InChI=1S/C15H17NO2/c17-12-9-5-2-6-10-16-14(12)13(15(16)18)11-7-3-1-4-8-11/h1-4,6-8,12-14,17H,5,9-10H2/b6-2-/t12?,13-,14-/m1/s1. The number of rotatable bonds is 1. The van der Waals surface area contributed by atoms with Gasteiger partial charge in [-0.15, -0.1) is 0 Å². The zero-order valence-electron chi connectivity index (χ0n) is 10.2. The first-order chi connectivity index (χ1) is 8.79. The molecule has 2 heterocycles. The second-order valence-corrected chi connectivity index (χ2v) is 4.99. The number of hydrogen-bond donors (Lipinski definition) is 1. The van der Waals surface area contributed by atoms with Crippen LogP contribution in [0, 0.1) is 0 Å². The van der Waals surface area contributed by atoms with Gasteiger partial charge in [-0.25, -0.2) is 0 Å². The van der Waals surface area contributed by atoms with Gasteiger partial charge in [0.1, 0.15) is 0 Å². The van der Waals surface area contributed by atoms with E-state index in [1.165, 1.54) is 0 Å². The summed E-state index contributed by atoms with van der Waals surface area (Å²) in [6, 6.07) is 9.73. The van der Waals surface area contributed by atoms with E-state index in [4.69, 9.17) is 0 Å². The quantitative estimate of drug-likeness (QED) is 0.602. The normalized spacial score (nSPS) is 33.1. The Bertz CT molecular complexity index is 469. The van der Waals surface area contributed by atoms with Gasteiger partial charge in [0.15, 0.2) is 0 Å². The predicted molar refractivity (Wildman–Crippen MR) is 69.1 cm³/mol. The molecule has 2 aliphatic heterocycles. The molecule has 0 bridgehead atoms. The van der Waals surface area contributed by atoms with E-state index in [-0.39, 0.29) is 17.9 Å². The molecule has 1 aromatic rings. The summed E-state index contributed by atoms with van der Waals surface area (Å²) >= 11 is 0. The van der Waals surface area contributed by atoms with E-state index in [1.54, 1.807) is 4.90 Å². The van der Waals surface area contributed by atoms with Gasteiger partial charge >= 0.3 is 0 Å². The summed E-state index contributed by atoms with van der Waals surface area (Å²) in [7, 11) is 0. The van der Waals surface area contributed by atoms with Crippen molar-refractivity contribution in [3.05, 3.63) is 48.0 Å². The van der Waals surface area contributed by atoms with Crippen LogP contribution in [0.2, 0.25) is 0 Å². The third kappa shape index (κ3) is 1.75. The van der Waals surface area contributed by atoms with Crippen molar-refractivity contribution in [1.29, 1.82) is 0 Å². The number of allylic oxidation sites excluding steroid dienone is 1. The van der Waals surface area contributed by atoms with Gasteiger partial charge in [-0.2, -0.15) is 0 Å². The summed E-state index contributed by atoms with van der Waals surface area (Å²) in [4.78, 5) is 14.0. The van der Waals surface area contributed by atoms with Crippen molar-refractivity contribution in [2.45, 2.75) is 30.9 Å². The minimum atomic E-state index is -0.419. The van der Waals surface area contributed by atoms with Crippen LogP contribution in [0.25, 0.3) is 0 Å². The zero-order chi connectivity index (χ0) is 12.5. The monoisotopic (exact) mass is 243 g/mol. The Morgan fingerprint density at radius 1 is 1.17 bits per heavy atom. The molecule has 1 amide bonds. The van der Waals surface area contributed by atoms with Crippen LogP contribution in [-0.4, -0.2) is 34.6 Å². The molecule has 94 valence electrons. The third-order valence-corrected chi connectivity index (χ3v) is 3.90. The van der Waals surface area contributed by atoms with Crippen molar-refractivity contribution in [2.24, 2.45) is 0 Å². The molecule has 1 N–H and O–H groups in total. The number of carbonyl (C=O) groups is 1. The van der Waals surface area contributed by atoms with Gasteiger partial charge in [-0.3, -0.25) is 4.79 Å². The number of hydrogen-bond acceptors (Lipinski definition) is 2. The van der Waals surface area contributed by atoms with Gasteiger partial charge in [-0.05, 0) is 18.4 Å². The fourth-order valence-electron chi connectivity index (χ4n) is 2.95. The Morgan fingerprint density at radius 2 is 1.94 bits per heavy atom. The summed E-state index contributed by atoms with van der Waals surface area (Å²) in [5.41, 5.74) is 1.02. The average Bonchev–Trinajstić information content (AvgIpc) is 2.38. The van der Waals surface area contributed by atoms with Crippen molar-refractivity contribution >= 4 is 5.91 Å². The summed E-state index contributed by atoms with van der Waals surface area (Å²) in [6.07, 6.45) is 5.27. The molecule has 0 aromatic heterocycles. The first kappa shape index (κ1) is 11.5. The zero-order valence-corrected chi connectivity index (χ0v) is 10.2. The molecule has 3 atom stereocenters. The van der Waals surface area contributed by atoms with E-state index in [1.807, 2.05) is 42.5 Å². The van der Waals surface area contributed by atoms with Crippen molar-refractivity contribution in [3.8, 4) is 0 Å². The van der Waals surface area contributed by atoms with Gasteiger partial charge in [0.25, 0.3) is 0 Å². The highest BCUT2D eigenvalue weighted by Crippen LogP contribution is 2.39. The molecule has 2 aliphatic rings. The molecular weight excluding hydrogens is 226 g/mol. The minimum Gasteiger partial charge on any atom is -0.391 e. The van der Waals surface area contributed by atoms with Gasteiger partial charge in [0, 0.05) is 6.54 Å². The van der Waals surface area contributed by atoms with E-state index in [2.05, 4.69) is 0 Å². The third-order valence-electron chi connectivity index (χ3n) is 3.90. The summed E-state index contributed by atoms with van der Waals surface area (Å²) in [6.45, 7) is 0.629. The second-order valence-electron chi connectivity index (χ2n) is 4.99. The lowest BCUT2D eigenvalue weighted by Crippen LogP contribution is -2.64. The topological polar surface area (TPSA) is 40.5 Å². The van der Waals surface area contributed by atoms with E-state index >= 15 is 0 Å². The lowest BCUT2D eigenvalue weighted by molar-refractivity contribution is -0.156. The molecule has 1 unspecified atom stereocenters. The molecule has 0 radical (unpaired) electrons. The number of benzene rings is 1. The summed E-state index contributed by atoms with van der Waals surface area (Å²) in [5.74, 6) is -0.0236. The lowest BCUT2D eigenvalue weighted by atomic mass is 9.77. The van der Waals surface area contributed by atoms with E-state index in [0.29, 0.717) is 6.54 Å². The Labute approximate surface area is 107 Å². The number of amides is 1. The number of carbonyl (C=O) groups excluding carboxylic acids is 1. The van der Waals surface area contributed by atoms with E-state index in [9.17, 15) is 9.90 Å². The summed E-state index contributed by atoms with van der Waals surface area (Å²) < 4.78 is 0. The molecule has 0 spiro atoms. The highest BCUT2D eigenvalue weighted by Gasteiger charge is 2.50. The number of fused-ring (bicyclic) bond motifs is 1. The Morgan fingerprint density at radius 3 is 2.72 bits per heavy atom. The second kappa shape index (κ2) is 4.58. The molecule has 1 saturated heterocycles. The van der Waals surface area contributed by atoms with Crippen molar-refractivity contribution in [2.75, 3.05) is 6.54 Å². The Balaban J connectivity index is 1.89. The van der Waals surface area contributed by atoms with Crippen LogP contribution in [0.15, 0.2) is 42.5 Å². The highest BCUT2D eigenvalue weighted by atomic mass is 16.3. The molecule has 3 heteroatoms. The van der Waals surface area contributed by atoms with Crippen LogP contribution >= 0.6 is 0 Å². The van der Waals surface area contributed by atoms with Gasteiger partial charge in [0.2, 0.25) is 5.91 Å². The molecule has 3 rings (SSSR count). The van der Waals surface area contributed by atoms with Gasteiger partial charge in [0.05, 0.1) is 18.1 Å². The maximum atomic E-state index is 12.2. The lowest BCUT2D eigenvalue weighted by Gasteiger charge is -2.49. The molecule has 0 saturated carbocycles. The van der Waals surface area contributed by atoms with Crippen molar-refractivity contribution in [3.63, 3.8) is 0 Å². The summed E-state index contributed by atoms with van der Waals surface area (Å²) in [5, 5.41) is 10.2. The number of β-lactam (4-membered cyclic amide) rings is 1. The van der Waals surface area contributed by atoms with Crippen LogP contribution in [0.5, 0.6) is 0 Å². The van der Waals surface area contributed by atoms with Crippen LogP contribution in [-0.2, 0) is 4.79 Å². The minimum absolute atomic E-state index is 0.0511. The molecular formula is C15H17NO2. The van der Waals surface area contributed by atoms with Crippen LogP contribution in [0.3, 0.4) is 0 Å². The van der Waals surface area contributed by atoms with E-state index < -0.39 is 6.10 Å². The highest BCUT2D eigenvalue weighted by molar-refractivity contribution is 5.91. The van der Waals surface area contributed by atoms with Crippen LogP contribution < -0.4 is 0 Å². The predicted octanol–water partition coefficient (Wildman–Crippen LogP) is 1.69. The van der Waals surface area contributed by atoms with Crippen molar-refractivity contribution < 1.29 is 9.90 Å². The fourth-order valence-corrected chi connectivity index (χ4v) is 2.95. The number of aliphatic hydroxyl groups excluding tert-OH is 1. The van der Waals surface area contributed by atoms with Crippen LogP contribution in [0.4, 0.5) is 0 Å². The molecule has 0 aliphatic carbocycles. The van der Waals surface area contributed by atoms with E-state index in [0.717, 1.165) is 18.4 Å². The maximum Gasteiger partial charge on any atom is 0.232 e. The van der Waals surface area contributed by atoms with Gasteiger partial charge in [-0.1, -0.05) is 42.5 Å². The maximum absolute atomic E-state index is 12.2. The Kier molecular flexibility index (Phi) is 2.92. The fraction of sp³-hybridized carbons (Fsp3) is 0.400. The Hall–Kier alpha value is -1.61. The molecule has 1 aromatic carbocycles. The number of aliphatic hydroxyl groups is 1. The van der Waals surface area contributed by atoms with Crippen LogP contribution in [0.1, 0.15) is 24.3 Å². The molecule has 1 fully saturated rings. The molecule has 3 nitrogen and oxygen atoms in total. The smallest absolute Gasteiger partial charge is 0.232 e.